The molecule has 78 heavy (non-hydrogen) atoms. The Labute approximate surface area is 476 Å². The highest BCUT2D eigenvalue weighted by Gasteiger charge is 2.43. The lowest BCUT2D eigenvalue weighted by atomic mass is 9.72. The Morgan fingerprint density at radius 2 is 0.769 bits per heavy atom. The van der Waals surface area contributed by atoms with Gasteiger partial charge in [0.25, 0.3) is 0 Å². The van der Waals surface area contributed by atoms with Gasteiger partial charge in [-0.3, -0.25) is 29.1 Å². The number of aromatic amines is 3. The average molecular weight is 1110 g/mol. The highest BCUT2D eigenvalue weighted by molar-refractivity contribution is 8.00. The van der Waals surface area contributed by atoms with Gasteiger partial charge in [0.1, 0.15) is 0 Å². The fourth-order valence-electron chi connectivity index (χ4n) is 14.9. The minimum atomic E-state index is 0.161. The van der Waals surface area contributed by atoms with Crippen LogP contribution in [0.15, 0.2) is 73.2 Å². The number of carbonyl (C=O) groups excluding carboxylic acids is 3. The van der Waals surface area contributed by atoms with Crippen molar-refractivity contribution in [3.8, 4) is 0 Å². The Morgan fingerprint density at radius 3 is 1.04 bits per heavy atom. The van der Waals surface area contributed by atoms with E-state index < -0.39 is 0 Å². The van der Waals surface area contributed by atoms with Gasteiger partial charge in [-0.05, 0) is 164 Å². The predicted octanol–water partition coefficient (Wildman–Crippen LogP) is 9.51. The molecule has 6 aromatic rings. The molecule has 420 valence electrons. The number of piperidine rings is 3. The lowest BCUT2D eigenvalue weighted by Crippen LogP contribution is -2.50. The standard InChI is InChI=1S/3C21H29N3OS/c3*1-2-6-24-11-14(12-26-13-16(25)9-22)7-18-17-4-3-5-19-21(17)15(10-23-19)8-20(18)24/h3*3-5,10,14,18,20,23H,2,6-9,11-13,22H2,1H3/t3*14-,18-,20-/m111/s1. The van der Waals surface area contributed by atoms with E-state index in [0.29, 0.717) is 70.9 Å². The van der Waals surface area contributed by atoms with Crippen LogP contribution in [0, 0.1) is 17.8 Å². The molecular weight excluding hydrogens is 1030 g/mol. The lowest BCUT2D eigenvalue weighted by Gasteiger charge is -2.47. The Balaban J connectivity index is 0.000000132. The van der Waals surface area contributed by atoms with Crippen LogP contribution in [0.5, 0.6) is 0 Å². The minimum Gasteiger partial charge on any atom is -0.361 e. The number of hydrogen-bond donors (Lipinski definition) is 6. The van der Waals surface area contributed by atoms with E-state index in [9.17, 15) is 14.4 Å². The first kappa shape index (κ1) is 57.3. The normalized spacial score (nSPS) is 25.4. The maximum Gasteiger partial charge on any atom is 0.156 e. The van der Waals surface area contributed by atoms with Crippen LogP contribution in [-0.2, 0) is 33.6 Å². The molecule has 9 N–H and O–H groups in total. The summed E-state index contributed by atoms with van der Waals surface area (Å²) in [6.45, 7) is 14.3. The molecule has 3 aliphatic carbocycles. The van der Waals surface area contributed by atoms with Crippen LogP contribution >= 0.6 is 35.3 Å². The number of likely N-dealkylation sites (tertiary alicyclic amines) is 3. The van der Waals surface area contributed by atoms with Crippen molar-refractivity contribution < 1.29 is 14.4 Å². The molecule has 3 aromatic heterocycles. The number of aromatic nitrogens is 3. The molecule has 0 unspecified atom stereocenters. The van der Waals surface area contributed by atoms with E-state index in [4.69, 9.17) is 17.2 Å². The summed E-state index contributed by atoms with van der Waals surface area (Å²) in [6.07, 6.45) is 17.4. The van der Waals surface area contributed by atoms with Gasteiger partial charge in [0, 0.05) is 107 Å². The summed E-state index contributed by atoms with van der Waals surface area (Å²) in [6, 6.07) is 22.1. The van der Waals surface area contributed by atoms with E-state index >= 15 is 0 Å². The Kier molecular flexibility index (Phi) is 19.7. The largest absolute Gasteiger partial charge is 0.361 e. The summed E-state index contributed by atoms with van der Waals surface area (Å²) in [5, 5.41) is 4.41. The summed E-state index contributed by atoms with van der Waals surface area (Å²) >= 11 is 5.31. The molecule has 0 spiro atoms. The number of nitrogens with two attached hydrogens (primary N) is 3. The van der Waals surface area contributed by atoms with Crippen LogP contribution in [0.1, 0.15) is 110 Å². The molecule has 0 saturated carbocycles. The van der Waals surface area contributed by atoms with Gasteiger partial charge in [-0.25, -0.2) is 0 Å². The molecule has 3 aliphatic heterocycles. The molecule has 0 bridgehead atoms. The molecule has 9 atom stereocenters. The van der Waals surface area contributed by atoms with Gasteiger partial charge in [0.15, 0.2) is 17.3 Å². The first-order valence-electron chi connectivity index (χ1n) is 29.5. The second-order valence-electron chi connectivity index (χ2n) is 23.4. The van der Waals surface area contributed by atoms with Gasteiger partial charge in [0.2, 0.25) is 0 Å². The third-order valence-corrected chi connectivity index (χ3v) is 21.7. The number of nitrogens with one attached hydrogen (secondary N) is 3. The molecule has 3 saturated heterocycles. The SMILES string of the molecule is CCCN1C[C@H](CSCC(=O)CN)C[C@@H]2c3cccc4[nH]cc(c34)C[C@H]21.CCCN1C[C@H](CSCC(=O)CN)C[C@@H]2c3cccc4[nH]cc(c34)C[C@H]21.CCCN1C[C@H](CSCC(=O)CN)C[C@@H]2c3cccc4[nH]cc(c34)C[C@H]21. The number of nitrogens with zero attached hydrogens (tertiary/aromatic N) is 3. The molecule has 3 fully saturated rings. The van der Waals surface area contributed by atoms with Crippen molar-refractivity contribution in [3.05, 3.63) is 107 Å². The van der Waals surface area contributed by atoms with Crippen LogP contribution in [0.25, 0.3) is 32.7 Å². The highest BCUT2D eigenvalue weighted by Crippen LogP contribution is 2.48. The molecule has 15 heteroatoms. The molecule has 12 rings (SSSR count). The fourth-order valence-corrected chi connectivity index (χ4v) is 18.0. The second kappa shape index (κ2) is 26.8. The Morgan fingerprint density at radius 1 is 0.474 bits per heavy atom. The zero-order chi connectivity index (χ0) is 54.3. The van der Waals surface area contributed by atoms with Crippen molar-refractivity contribution in [1.29, 1.82) is 0 Å². The summed E-state index contributed by atoms with van der Waals surface area (Å²) in [7, 11) is 0. The van der Waals surface area contributed by atoms with Crippen LogP contribution in [0.4, 0.5) is 0 Å². The average Bonchev–Trinajstić information content (AvgIpc) is 4.21. The summed E-state index contributed by atoms with van der Waals surface area (Å²) < 4.78 is 0. The number of benzene rings is 3. The number of thioether (sulfide) groups is 3. The van der Waals surface area contributed by atoms with E-state index in [0.717, 1.165) is 56.2 Å². The number of H-pyrrole nitrogens is 3. The van der Waals surface area contributed by atoms with Crippen molar-refractivity contribution in [2.75, 3.05) is 93.4 Å². The summed E-state index contributed by atoms with van der Waals surface area (Å²) in [5.41, 5.74) is 29.2. The summed E-state index contributed by atoms with van der Waals surface area (Å²) in [4.78, 5) is 53.1. The smallest absolute Gasteiger partial charge is 0.156 e. The van der Waals surface area contributed by atoms with Crippen LogP contribution < -0.4 is 17.2 Å². The molecular formula is C63H87N9O3S3. The van der Waals surface area contributed by atoms with Gasteiger partial charge in [0.05, 0.1) is 36.9 Å². The van der Waals surface area contributed by atoms with Gasteiger partial charge >= 0.3 is 0 Å². The Bertz CT molecular complexity index is 2670. The number of Topliss-reactive ketones (excluding diaryl/α,β-unsaturated/α-hetero) is 3. The fraction of sp³-hybridized carbons (Fsp3) is 0.571. The number of carbonyl (C=O) groups is 3. The highest BCUT2D eigenvalue weighted by atomic mass is 32.2. The zero-order valence-corrected chi connectivity index (χ0v) is 49.1. The quantitative estimate of drug-likeness (QED) is 0.0402. The molecule has 3 aromatic carbocycles. The minimum absolute atomic E-state index is 0.161. The van der Waals surface area contributed by atoms with E-state index in [2.05, 4.69) is 124 Å². The van der Waals surface area contributed by atoms with Crippen molar-refractivity contribution in [1.82, 2.24) is 29.7 Å². The second-order valence-corrected chi connectivity index (χ2v) is 26.5. The van der Waals surface area contributed by atoms with Crippen molar-refractivity contribution >= 4 is 85.3 Å². The van der Waals surface area contributed by atoms with E-state index in [-0.39, 0.29) is 37.0 Å². The topological polar surface area (TPSA) is 186 Å². The molecule has 0 amide bonds. The van der Waals surface area contributed by atoms with Gasteiger partial charge < -0.3 is 32.2 Å². The lowest BCUT2D eigenvalue weighted by molar-refractivity contribution is -0.116. The number of rotatable bonds is 21. The zero-order valence-electron chi connectivity index (χ0n) is 46.6. The summed E-state index contributed by atoms with van der Waals surface area (Å²) in [5.74, 6) is 9.12. The van der Waals surface area contributed by atoms with Gasteiger partial charge in [-0.2, -0.15) is 35.3 Å². The molecule has 6 aliphatic rings. The third kappa shape index (κ3) is 12.6. The van der Waals surface area contributed by atoms with Crippen molar-refractivity contribution in [3.63, 3.8) is 0 Å². The van der Waals surface area contributed by atoms with Crippen LogP contribution in [-0.4, -0.2) is 159 Å². The maximum absolute atomic E-state index is 11.5. The van der Waals surface area contributed by atoms with Crippen LogP contribution in [0.3, 0.4) is 0 Å². The monoisotopic (exact) mass is 1110 g/mol. The predicted molar refractivity (Wildman–Crippen MR) is 330 cm³/mol. The molecule has 12 nitrogen and oxygen atoms in total. The van der Waals surface area contributed by atoms with E-state index in [1.807, 2.05) is 0 Å². The first-order chi connectivity index (χ1) is 38.1. The van der Waals surface area contributed by atoms with Gasteiger partial charge in [-0.1, -0.05) is 57.2 Å². The van der Waals surface area contributed by atoms with Gasteiger partial charge in [-0.15, -0.1) is 0 Å². The van der Waals surface area contributed by atoms with Crippen molar-refractivity contribution in [2.24, 2.45) is 35.0 Å². The third-order valence-electron chi connectivity index (χ3n) is 18.1. The molecule has 0 radical (unpaired) electrons. The molecule has 6 heterocycles. The van der Waals surface area contributed by atoms with E-state index in [1.54, 1.807) is 35.3 Å². The van der Waals surface area contributed by atoms with Crippen LogP contribution in [0.2, 0.25) is 0 Å². The first-order valence-corrected chi connectivity index (χ1v) is 33.0. The van der Waals surface area contributed by atoms with E-state index in [1.165, 1.54) is 124 Å². The number of hydrogen-bond acceptors (Lipinski definition) is 12. The number of ketones is 3. The Hall–Kier alpha value is -3.90. The maximum atomic E-state index is 11.5. The number of fused-ring (bicyclic) bond motifs is 6. The van der Waals surface area contributed by atoms with Crippen molar-refractivity contribution in [2.45, 2.75) is 114 Å².